The van der Waals surface area contributed by atoms with E-state index in [1.54, 1.807) is 0 Å². The van der Waals surface area contributed by atoms with Crippen molar-refractivity contribution in [2.75, 3.05) is 54.4 Å². The fourth-order valence-electron chi connectivity index (χ4n) is 11.4. The van der Waals surface area contributed by atoms with Crippen molar-refractivity contribution >= 4 is 47.5 Å². The van der Waals surface area contributed by atoms with Crippen molar-refractivity contribution < 1.29 is 57.3 Å². The summed E-state index contributed by atoms with van der Waals surface area (Å²) in [6.45, 7) is 22.0. The van der Waals surface area contributed by atoms with Gasteiger partial charge in [0.05, 0.1) is 12.1 Å². The number of likely N-dealkylation sites (tertiary alicyclic amines) is 2. The van der Waals surface area contributed by atoms with Gasteiger partial charge in [0.15, 0.2) is 24.4 Å². The van der Waals surface area contributed by atoms with Crippen molar-refractivity contribution in [1.82, 2.24) is 29.4 Å². The number of ether oxygens (including phenoxy) is 4. The molecule has 0 aliphatic carbocycles. The maximum absolute atomic E-state index is 15.1. The molecule has 3 saturated heterocycles. The first-order valence-electron chi connectivity index (χ1n) is 30.9. The first kappa shape index (κ1) is 69.9. The van der Waals surface area contributed by atoms with E-state index in [9.17, 15) is 39.3 Å². The fraction of sp³-hybridized carbons (Fsp3) is 0.667. The van der Waals surface area contributed by atoms with Crippen LogP contribution in [0.15, 0.2) is 48.5 Å². The molecule has 2 aromatic rings. The third-order valence-corrected chi connectivity index (χ3v) is 16.7. The number of benzene rings is 2. The molecule has 3 aliphatic heterocycles. The molecule has 0 aromatic heterocycles. The molecule has 5 rings (SSSR count). The lowest BCUT2D eigenvalue weighted by Crippen LogP contribution is -2.55. The Morgan fingerprint density at radius 2 is 0.651 bits per heavy atom. The molecule has 0 radical (unpaired) electrons. The lowest BCUT2D eigenvalue weighted by atomic mass is 9.98. The van der Waals surface area contributed by atoms with Crippen LogP contribution in [0.1, 0.15) is 143 Å². The van der Waals surface area contributed by atoms with E-state index in [1.807, 2.05) is 104 Å². The van der Waals surface area contributed by atoms with E-state index >= 15 is 9.59 Å². The largest absolute Gasteiger partial charge is 0.451 e. The zero-order valence-corrected chi connectivity index (χ0v) is 53.5. The van der Waals surface area contributed by atoms with E-state index in [1.165, 1.54) is 51.8 Å². The van der Waals surface area contributed by atoms with E-state index in [-0.39, 0.29) is 74.0 Å². The number of rotatable bonds is 16. The van der Waals surface area contributed by atoms with Gasteiger partial charge in [-0.3, -0.25) is 29.0 Å². The van der Waals surface area contributed by atoms with Gasteiger partial charge in [0.2, 0.25) is 0 Å². The Labute approximate surface area is 510 Å². The van der Waals surface area contributed by atoms with Gasteiger partial charge in [0, 0.05) is 66.0 Å². The third kappa shape index (κ3) is 20.1. The number of carbonyl (C=O) groups is 8. The van der Waals surface area contributed by atoms with E-state index in [2.05, 4.69) is 21.9 Å². The Kier molecular flexibility index (Phi) is 26.6. The first-order valence-corrected chi connectivity index (χ1v) is 30.9. The summed E-state index contributed by atoms with van der Waals surface area (Å²) in [5, 5.41) is 18.8. The van der Waals surface area contributed by atoms with E-state index in [0.29, 0.717) is 24.2 Å². The van der Waals surface area contributed by atoms with Gasteiger partial charge in [0.1, 0.15) is 24.2 Å². The van der Waals surface area contributed by atoms with Crippen molar-refractivity contribution in [2.24, 2.45) is 35.5 Å². The monoisotopic (exact) mass is 1190 g/mol. The third-order valence-electron chi connectivity index (χ3n) is 16.7. The molecule has 0 bridgehead atoms. The van der Waals surface area contributed by atoms with Gasteiger partial charge < -0.3 is 38.5 Å². The zero-order chi connectivity index (χ0) is 63.7. The SMILES string of the molecule is CC(C)C[C@H]1C(=O)O[C@H](Cc2ccc(CN3CCC(C#N)CC3)cc2)C(=O)N(C)[C@@H](CC(C)C)C(=O)O[C@H](C)C(=O)N(C)[C@@H](CC(C)C)C(=O)O[C@H](Cc2ccc(CN3CCC(C#N)CC3)cc2)C(=O)N(C)[C@@H](CC(C)C)C(=O)O[C@H](C)C(=O)N1C. The van der Waals surface area contributed by atoms with Crippen LogP contribution >= 0.6 is 0 Å². The van der Waals surface area contributed by atoms with Gasteiger partial charge >= 0.3 is 23.9 Å². The Morgan fingerprint density at radius 1 is 0.407 bits per heavy atom. The number of likely N-dealkylation sites (N-methyl/N-ethyl adjacent to an activating group) is 4. The number of amides is 4. The summed E-state index contributed by atoms with van der Waals surface area (Å²) in [5.41, 5.74) is 3.28. The summed E-state index contributed by atoms with van der Waals surface area (Å²) >= 11 is 0. The summed E-state index contributed by atoms with van der Waals surface area (Å²) in [6, 6.07) is 14.7. The minimum absolute atomic E-state index is 0.0383. The van der Waals surface area contributed by atoms with Crippen LogP contribution in [0.4, 0.5) is 0 Å². The van der Waals surface area contributed by atoms with Crippen molar-refractivity contribution in [2.45, 2.75) is 195 Å². The van der Waals surface area contributed by atoms with E-state index < -0.39 is 96.1 Å². The second-order valence-electron chi connectivity index (χ2n) is 25.8. The van der Waals surface area contributed by atoms with Crippen LogP contribution in [-0.4, -0.2) is 180 Å². The molecular formula is C66H96N8O12. The number of carbonyl (C=O) groups excluding carboxylic acids is 8. The number of hydrogen-bond donors (Lipinski definition) is 0. The smallest absolute Gasteiger partial charge is 0.329 e. The van der Waals surface area contributed by atoms with Gasteiger partial charge in [-0.2, -0.15) is 10.5 Å². The average Bonchev–Trinajstić information content (AvgIpc) is 3.17. The predicted molar refractivity (Wildman–Crippen MR) is 322 cm³/mol. The van der Waals surface area contributed by atoms with Gasteiger partial charge in [-0.25, -0.2) is 19.2 Å². The quantitative estimate of drug-likeness (QED) is 0.120. The lowest BCUT2D eigenvalue weighted by Gasteiger charge is -2.35. The molecule has 8 atom stereocenters. The molecule has 20 heteroatoms. The van der Waals surface area contributed by atoms with Crippen LogP contribution in [0.3, 0.4) is 0 Å². The number of cyclic esters (lactones) is 4. The molecule has 0 saturated carbocycles. The molecule has 3 fully saturated rings. The van der Waals surface area contributed by atoms with Crippen LogP contribution in [0.5, 0.6) is 0 Å². The van der Waals surface area contributed by atoms with Gasteiger partial charge in [0.25, 0.3) is 23.6 Å². The maximum atomic E-state index is 15.1. The fourth-order valence-corrected chi connectivity index (χ4v) is 11.4. The minimum Gasteiger partial charge on any atom is -0.451 e. The molecule has 472 valence electrons. The topological polar surface area (TPSA) is 240 Å². The van der Waals surface area contributed by atoms with E-state index in [0.717, 1.165) is 72.8 Å². The molecule has 20 nitrogen and oxygen atoms in total. The Balaban J connectivity index is 1.55. The van der Waals surface area contributed by atoms with Gasteiger partial charge in [-0.15, -0.1) is 0 Å². The molecule has 4 amide bonds. The average molecular weight is 1190 g/mol. The van der Waals surface area contributed by atoms with Crippen LogP contribution in [-0.2, 0) is 83.2 Å². The first-order chi connectivity index (χ1) is 40.6. The molecule has 86 heavy (non-hydrogen) atoms. The van der Waals surface area contributed by atoms with Crippen LogP contribution in [0.2, 0.25) is 0 Å². The Bertz CT molecular complexity index is 2510. The van der Waals surface area contributed by atoms with Crippen molar-refractivity contribution in [3.63, 3.8) is 0 Å². The molecular weight excluding hydrogens is 1100 g/mol. The number of piperidine rings is 2. The summed E-state index contributed by atoms with van der Waals surface area (Å²) in [5.74, 6) is -7.35. The predicted octanol–water partition coefficient (Wildman–Crippen LogP) is 7.14. The van der Waals surface area contributed by atoms with E-state index in [4.69, 9.17) is 18.9 Å². The van der Waals surface area contributed by atoms with Crippen molar-refractivity contribution in [3.05, 3.63) is 70.8 Å². The standard InChI is InChI=1S/C66H96N8O12/c1-41(2)31-53-63(79)83-45(9)59(75)69(11)56(34-44(7)8)66(82)86-58(36-48-17-21-52(22-18-48)40-74-29-25-50(38-68)26-30-74)62(78)72(14)54(32-42(3)4)64(80)84-46(10)60(76)70(12)55(33-43(5)6)65(81)85-57(61(77)71(53)13)35-47-15-19-51(20-16-47)39-73-27-23-49(37-67)24-28-73/h15-22,41-46,49-50,53-58H,23-36,39-40H2,1-14H3/t45-,46-,53+,54+,55+,56+,57-,58-/m1/s1. The Hall–Kier alpha value is -6.90. The van der Waals surface area contributed by atoms with Crippen LogP contribution < -0.4 is 0 Å². The highest BCUT2D eigenvalue weighted by Crippen LogP contribution is 2.26. The second kappa shape index (κ2) is 32.7. The molecule has 2 aromatic carbocycles. The Morgan fingerprint density at radius 3 is 0.907 bits per heavy atom. The zero-order valence-electron chi connectivity index (χ0n) is 53.5. The van der Waals surface area contributed by atoms with Crippen molar-refractivity contribution in [3.8, 4) is 12.1 Å². The number of nitrogens with zero attached hydrogens (tertiary/aromatic N) is 8. The molecule has 3 aliphatic rings. The normalized spacial score (nSPS) is 25.3. The number of nitriles is 2. The van der Waals surface area contributed by atoms with Gasteiger partial charge in [-0.1, -0.05) is 104 Å². The summed E-state index contributed by atoms with van der Waals surface area (Å²) in [7, 11) is 5.59. The maximum Gasteiger partial charge on any atom is 0.329 e. The summed E-state index contributed by atoms with van der Waals surface area (Å²) in [6.07, 6.45) is -2.81. The second-order valence-corrected chi connectivity index (χ2v) is 25.8. The molecule has 0 spiro atoms. The highest BCUT2D eigenvalue weighted by molar-refractivity contribution is 5.94. The number of hydrogen-bond acceptors (Lipinski definition) is 16. The van der Waals surface area contributed by atoms with Crippen LogP contribution in [0, 0.1) is 58.2 Å². The van der Waals surface area contributed by atoms with Crippen LogP contribution in [0.25, 0.3) is 0 Å². The summed E-state index contributed by atoms with van der Waals surface area (Å²) in [4.78, 5) is 127. The molecule has 0 unspecified atom stereocenters. The highest BCUT2D eigenvalue weighted by atomic mass is 16.6. The lowest BCUT2D eigenvalue weighted by molar-refractivity contribution is -0.176. The van der Waals surface area contributed by atoms with Gasteiger partial charge in [-0.05, 0) is 137 Å². The minimum atomic E-state index is -1.53. The highest BCUT2D eigenvalue weighted by Gasteiger charge is 2.43. The summed E-state index contributed by atoms with van der Waals surface area (Å²) < 4.78 is 24.3. The van der Waals surface area contributed by atoms with Crippen molar-refractivity contribution in [1.29, 1.82) is 10.5 Å². The molecule has 3 heterocycles. The molecule has 0 N–H and O–H groups in total. The number of esters is 4.